The van der Waals surface area contributed by atoms with Gasteiger partial charge in [0.05, 0.1) is 17.6 Å². The van der Waals surface area contributed by atoms with Crippen LogP contribution in [0.2, 0.25) is 0 Å². The van der Waals surface area contributed by atoms with Crippen LogP contribution in [0.15, 0.2) is 30.3 Å². The normalized spacial score (nSPS) is 15.7. The minimum Gasteiger partial charge on any atom is -0.493 e. The van der Waals surface area contributed by atoms with Crippen molar-refractivity contribution in [2.24, 2.45) is 0 Å². The standard InChI is InChI=1S/C30H44N4O/c1-9-10-17-35-27-23(29(2,3)4)18-21(19-24(27)30(5,6)7)28-31-25-12-11-22(20-26(25)32-28)34-15-13-33(8)14-16-34/h11-12,18-20H,9-10,13-17H2,1-8H3,(H,31,32). The predicted molar refractivity (Wildman–Crippen MR) is 149 cm³/mol. The fourth-order valence-electron chi connectivity index (χ4n) is 4.75. The highest BCUT2D eigenvalue weighted by atomic mass is 16.5. The van der Waals surface area contributed by atoms with E-state index in [0.717, 1.165) is 73.8 Å². The minimum atomic E-state index is -0.0435. The third-order valence-corrected chi connectivity index (χ3v) is 7.06. The maximum atomic E-state index is 6.46. The number of anilines is 1. The molecular formula is C30H44N4O. The lowest BCUT2D eigenvalue weighted by molar-refractivity contribution is 0.293. The Balaban J connectivity index is 1.77. The number of hydrogen-bond acceptors (Lipinski definition) is 4. The van der Waals surface area contributed by atoms with E-state index in [0.29, 0.717) is 0 Å². The number of piperazine rings is 1. The van der Waals surface area contributed by atoms with E-state index in [-0.39, 0.29) is 10.8 Å². The first-order chi connectivity index (χ1) is 16.5. The zero-order valence-corrected chi connectivity index (χ0v) is 23.1. The molecule has 5 nitrogen and oxygen atoms in total. The molecular weight excluding hydrogens is 432 g/mol. The fourth-order valence-corrected chi connectivity index (χ4v) is 4.75. The first kappa shape index (κ1) is 25.6. The van der Waals surface area contributed by atoms with Crippen molar-refractivity contribution in [2.75, 3.05) is 44.7 Å². The highest BCUT2D eigenvalue weighted by Gasteiger charge is 2.29. The number of fused-ring (bicyclic) bond motifs is 1. The summed E-state index contributed by atoms with van der Waals surface area (Å²) in [5.41, 5.74) is 6.90. The third kappa shape index (κ3) is 5.66. The first-order valence-electron chi connectivity index (χ1n) is 13.2. The molecule has 0 amide bonds. The van der Waals surface area contributed by atoms with Crippen molar-refractivity contribution in [3.63, 3.8) is 0 Å². The molecule has 1 saturated heterocycles. The summed E-state index contributed by atoms with van der Waals surface area (Å²) in [4.78, 5) is 13.5. The molecule has 1 aliphatic heterocycles. The van der Waals surface area contributed by atoms with Crippen LogP contribution in [0.5, 0.6) is 5.75 Å². The summed E-state index contributed by atoms with van der Waals surface area (Å²) in [5, 5.41) is 0. The van der Waals surface area contributed by atoms with Gasteiger partial charge in [-0.25, -0.2) is 4.98 Å². The lowest BCUT2D eigenvalue weighted by atomic mass is 9.78. The molecule has 1 fully saturated rings. The molecule has 1 N–H and O–H groups in total. The Hall–Kier alpha value is -2.53. The van der Waals surface area contributed by atoms with Crippen molar-refractivity contribution in [3.8, 4) is 17.1 Å². The maximum absolute atomic E-state index is 6.46. The van der Waals surface area contributed by atoms with Crippen molar-refractivity contribution in [2.45, 2.75) is 72.1 Å². The van der Waals surface area contributed by atoms with Crippen LogP contribution >= 0.6 is 0 Å². The third-order valence-electron chi connectivity index (χ3n) is 7.06. The number of benzene rings is 2. The minimum absolute atomic E-state index is 0.0435. The second-order valence-electron chi connectivity index (χ2n) is 12.2. The molecule has 0 spiro atoms. The van der Waals surface area contributed by atoms with Gasteiger partial charge < -0.3 is 19.5 Å². The summed E-state index contributed by atoms with van der Waals surface area (Å²) in [6, 6.07) is 11.2. The van der Waals surface area contributed by atoms with E-state index in [2.05, 4.69) is 101 Å². The van der Waals surface area contributed by atoms with Gasteiger partial charge in [0.1, 0.15) is 11.6 Å². The number of ether oxygens (including phenoxy) is 1. The lowest BCUT2D eigenvalue weighted by Crippen LogP contribution is -2.44. The quantitative estimate of drug-likeness (QED) is 0.399. The number of unbranched alkanes of at least 4 members (excludes halogenated alkanes) is 1. The van der Waals surface area contributed by atoms with E-state index < -0.39 is 0 Å². The molecule has 0 unspecified atom stereocenters. The highest BCUT2D eigenvalue weighted by Crippen LogP contribution is 2.43. The number of nitrogens with zero attached hydrogens (tertiary/aromatic N) is 3. The molecule has 0 bridgehead atoms. The van der Waals surface area contributed by atoms with Crippen LogP contribution < -0.4 is 9.64 Å². The number of imidazole rings is 1. The fraction of sp³-hybridized carbons (Fsp3) is 0.567. The molecule has 190 valence electrons. The number of aromatic nitrogens is 2. The number of nitrogens with one attached hydrogen (secondary N) is 1. The van der Waals surface area contributed by atoms with Gasteiger partial charge in [-0.05, 0) is 54.6 Å². The van der Waals surface area contributed by atoms with Crippen molar-refractivity contribution in [1.82, 2.24) is 14.9 Å². The second kappa shape index (κ2) is 9.85. The van der Waals surface area contributed by atoms with E-state index in [4.69, 9.17) is 9.72 Å². The SMILES string of the molecule is CCCCOc1c(C(C)(C)C)cc(-c2nc3ccc(N4CCN(C)CC4)cc3[nH]2)cc1C(C)(C)C. The van der Waals surface area contributed by atoms with Crippen LogP contribution in [0, 0.1) is 0 Å². The van der Waals surface area contributed by atoms with Crippen LogP contribution in [-0.4, -0.2) is 54.7 Å². The Morgan fingerprint density at radius 1 is 0.914 bits per heavy atom. The average Bonchev–Trinajstić information content (AvgIpc) is 3.21. The van der Waals surface area contributed by atoms with E-state index in [1.54, 1.807) is 0 Å². The van der Waals surface area contributed by atoms with Crippen LogP contribution in [0.1, 0.15) is 72.4 Å². The summed E-state index contributed by atoms with van der Waals surface area (Å²) in [5.74, 6) is 1.97. The molecule has 0 aliphatic carbocycles. The van der Waals surface area contributed by atoms with Gasteiger partial charge in [0.15, 0.2) is 0 Å². The molecule has 0 saturated carbocycles. The summed E-state index contributed by atoms with van der Waals surface area (Å²) in [6.45, 7) is 20.9. The number of hydrogen-bond donors (Lipinski definition) is 1. The number of H-pyrrole nitrogens is 1. The summed E-state index contributed by atoms with van der Waals surface area (Å²) >= 11 is 0. The van der Waals surface area contributed by atoms with Crippen molar-refractivity contribution in [1.29, 1.82) is 0 Å². The van der Waals surface area contributed by atoms with Crippen LogP contribution in [0.25, 0.3) is 22.4 Å². The van der Waals surface area contributed by atoms with Gasteiger partial charge in [0, 0.05) is 48.6 Å². The van der Waals surface area contributed by atoms with Gasteiger partial charge in [0.25, 0.3) is 0 Å². The topological polar surface area (TPSA) is 44.4 Å². The smallest absolute Gasteiger partial charge is 0.138 e. The number of aromatic amines is 1. The van der Waals surface area contributed by atoms with Gasteiger partial charge in [-0.3, -0.25) is 0 Å². The maximum Gasteiger partial charge on any atom is 0.138 e. The molecule has 1 aliphatic rings. The predicted octanol–water partition coefficient (Wildman–Crippen LogP) is 6.76. The molecule has 0 atom stereocenters. The Morgan fingerprint density at radius 3 is 2.11 bits per heavy atom. The van der Waals surface area contributed by atoms with Gasteiger partial charge >= 0.3 is 0 Å². The van der Waals surface area contributed by atoms with Gasteiger partial charge in [0.2, 0.25) is 0 Å². The highest BCUT2D eigenvalue weighted by molar-refractivity contribution is 5.83. The molecule has 4 rings (SSSR count). The van der Waals surface area contributed by atoms with E-state index >= 15 is 0 Å². The van der Waals surface area contributed by atoms with Crippen LogP contribution in [-0.2, 0) is 10.8 Å². The van der Waals surface area contributed by atoms with Crippen molar-refractivity contribution < 1.29 is 4.74 Å². The van der Waals surface area contributed by atoms with Crippen molar-refractivity contribution >= 4 is 16.7 Å². The van der Waals surface area contributed by atoms with E-state index in [1.807, 2.05) is 0 Å². The van der Waals surface area contributed by atoms with Gasteiger partial charge in [-0.1, -0.05) is 54.9 Å². The van der Waals surface area contributed by atoms with Gasteiger partial charge in [-0.2, -0.15) is 0 Å². The Labute approximate surface area is 211 Å². The molecule has 5 heteroatoms. The zero-order valence-electron chi connectivity index (χ0n) is 23.1. The van der Waals surface area contributed by atoms with Gasteiger partial charge in [-0.15, -0.1) is 0 Å². The van der Waals surface area contributed by atoms with Crippen molar-refractivity contribution in [3.05, 3.63) is 41.5 Å². The molecule has 1 aromatic heterocycles. The molecule has 3 aromatic rings. The molecule has 2 aromatic carbocycles. The summed E-state index contributed by atoms with van der Waals surface area (Å²) < 4.78 is 6.46. The van der Waals surface area contributed by atoms with E-state index in [9.17, 15) is 0 Å². The Bertz CT molecular complexity index is 1120. The first-order valence-corrected chi connectivity index (χ1v) is 13.2. The molecule has 0 radical (unpaired) electrons. The Kier molecular flexibility index (Phi) is 7.19. The zero-order chi connectivity index (χ0) is 25.4. The monoisotopic (exact) mass is 476 g/mol. The largest absolute Gasteiger partial charge is 0.493 e. The summed E-state index contributed by atoms with van der Waals surface area (Å²) in [6.07, 6.45) is 2.19. The average molecular weight is 477 g/mol. The van der Waals surface area contributed by atoms with E-state index in [1.165, 1.54) is 16.8 Å². The number of likely N-dealkylation sites (N-methyl/N-ethyl adjacent to an activating group) is 1. The lowest BCUT2D eigenvalue weighted by Gasteiger charge is -2.34. The number of rotatable bonds is 6. The molecule has 2 heterocycles. The molecule has 35 heavy (non-hydrogen) atoms. The summed E-state index contributed by atoms with van der Waals surface area (Å²) in [7, 11) is 2.19. The van der Waals surface area contributed by atoms with Crippen LogP contribution in [0.4, 0.5) is 5.69 Å². The second-order valence-corrected chi connectivity index (χ2v) is 12.2. The Morgan fingerprint density at radius 2 is 1.54 bits per heavy atom. The van der Waals surface area contributed by atoms with Crippen LogP contribution in [0.3, 0.4) is 0 Å².